The highest BCUT2D eigenvalue weighted by Crippen LogP contribution is 2.11. The van der Waals surface area contributed by atoms with Crippen molar-refractivity contribution in [2.75, 3.05) is 30.3 Å². The first-order chi connectivity index (χ1) is 9.11. The van der Waals surface area contributed by atoms with Crippen LogP contribution in [-0.4, -0.2) is 30.5 Å². The second kappa shape index (κ2) is 8.34. The fourth-order valence-corrected chi connectivity index (χ4v) is 1.55. The summed E-state index contributed by atoms with van der Waals surface area (Å²) in [4.78, 5) is 15.7. The van der Waals surface area contributed by atoms with Crippen molar-refractivity contribution in [1.29, 1.82) is 0 Å². The second-order valence-corrected chi connectivity index (χ2v) is 4.83. The zero-order valence-electron chi connectivity index (χ0n) is 12.0. The van der Waals surface area contributed by atoms with Gasteiger partial charge in [0, 0.05) is 44.0 Å². The number of hydrogen-bond donors (Lipinski definition) is 3. The molecule has 0 unspecified atom stereocenters. The predicted octanol–water partition coefficient (Wildman–Crippen LogP) is 2.09. The maximum atomic E-state index is 11.5. The van der Waals surface area contributed by atoms with Crippen molar-refractivity contribution in [2.24, 2.45) is 5.92 Å². The summed E-state index contributed by atoms with van der Waals surface area (Å²) in [5, 5.41) is 9.27. The van der Waals surface area contributed by atoms with E-state index < -0.39 is 0 Å². The third-order valence-electron chi connectivity index (χ3n) is 2.51. The van der Waals surface area contributed by atoms with Gasteiger partial charge < -0.3 is 16.0 Å². The number of carbonyl (C=O) groups excluding carboxylic acids is 1. The van der Waals surface area contributed by atoms with Gasteiger partial charge in [-0.25, -0.2) is 4.98 Å². The molecule has 0 bridgehead atoms. The van der Waals surface area contributed by atoms with Crippen molar-refractivity contribution < 1.29 is 4.79 Å². The minimum atomic E-state index is 0.0853. The molecule has 0 saturated carbocycles. The Hall–Kier alpha value is -1.78. The zero-order chi connectivity index (χ0) is 14.1. The van der Waals surface area contributed by atoms with Gasteiger partial charge in [-0.3, -0.25) is 4.79 Å². The molecule has 0 fully saturated rings. The summed E-state index contributed by atoms with van der Waals surface area (Å²) < 4.78 is 0. The third kappa shape index (κ3) is 6.64. The number of anilines is 2. The topological polar surface area (TPSA) is 66.0 Å². The van der Waals surface area contributed by atoms with Crippen molar-refractivity contribution in [3.63, 3.8) is 0 Å². The van der Waals surface area contributed by atoms with Crippen LogP contribution in [0.25, 0.3) is 0 Å². The molecule has 1 aromatic rings. The van der Waals surface area contributed by atoms with E-state index in [-0.39, 0.29) is 5.91 Å². The summed E-state index contributed by atoms with van der Waals surface area (Å²) in [7, 11) is 0. The molecular weight excluding hydrogens is 240 g/mol. The molecule has 1 aromatic heterocycles. The molecule has 1 rings (SSSR count). The number of rotatable bonds is 8. The molecule has 5 heteroatoms. The number of carbonyl (C=O) groups is 1. The van der Waals surface area contributed by atoms with E-state index in [1.54, 1.807) is 6.20 Å². The van der Waals surface area contributed by atoms with Crippen LogP contribution in [0.15, 0.2) is 18.3 Å². The minimum absolute atomic E-state index is 0.0853. The molecule has 0 spiro atoms. The molecule has 0 aliphatic heterocycles. The summed E-state index contributed by atoms with van der Waals surface area (Å²) in [5.41, 5.74) is 0.975. The van der Waals surface area contributed by atoms with E-state index in [4.69, 9.17) is 0 Å². The SMILES string of the molecule is CCNc1cc(NCCC(=O)NCC(C)C)ccn1. The Labute approximate surface area is 115 Å². The molecule has 1 amide bonds. The fourth-order valence-electron chi connectivity index (χ4n) is 1.55. The van der Waals surface area contributed by atoms with Gasteiger partial charge in [-0.1, -0.05) is 13.8 Å². The van der Waals surface area contributed by atoms with Crippen LogP contribution < -0.4 is 16.0 Å². The smallest absolute Gasteiger partial charge is 0.221 e. The van der Waals surface area contributed by atoms with Crippen LogP contribution in [0.2, 0.25) is 0 Å². The van der Waals surface area contributed by atoms with E-state index >= 15 is 0 Å². The van der Waals surface area contributed by atoms with Crippen LogP contribution in [0.4, 0.5) is 11.5 Å². The lowest BCUT2D eigenvalue weighted by atomic mass is 10.2. The normalized spacial score (nSPS) is 10.3. The Balaban J connectivity index is 2.28. The van der Waals surface area contributed by atoms with Gasteiger partial charge in [0.25, 0.3) is 0 Å². The van der Waals surface area contributed by atoms with Gasteiger partial charge in [0.2, 0.25) is 5.91 Å². The van der Waals surface area contributed by atoms with Gasteiger partial charge in [0.1, 0.15) is 5.82 Å². The van der Waals surface area contributed by atoms with Crippen LogP contribution >= 0.6 is 0 Å². The Morgan fingerprint density at radius 2 is 2.16 bits per heavy atom. The Bertz CT molecular complexity index is 393. The lowest BCUT2D eigenvalue weighted by Crippen LogP contribution is -2.28. The molecule has 0 saturated heterocycles. The number of pyridine rings is 1. The first-order valence-electron chi connectivity index (χ1n) is 6.82. The third-order valence-corrected chi connectivity index (χ3v) is 2.51. The molecule has 0 aliphatic carbocycles. The number of aromatic nitrogens is 1. The van der Waals surface area contributed by atoms with Gasteiger partial charge >= 0.3 is 0 Å². The van der Waals surface area contributed by atoms with E-state index in [0.717, 1.165) is 24.6 Å². The lowest BCUT2D eigenvalue weighted by molar-refractivity contribution is -0.120. The van der Waals surface area contributed by atoms with Crippen molar-refractivity contribution in [2.45, 2.75) is 27.2 Å². The van der Waals surface area contributed by atoms with E-state index in [1.807, 2.05) is 19.1 Å². The quantitative estimate of drug-likeness (QED) is 0.672. The molecule has 0 aliphatic rings. The molecule has 19 heavy (non-hydrogen) atoms. The average molecular weight is 264 g/mol. The highest BCUT2D eigenvalue weighted by Gasteiger charge is 2.02. The Morgan fingerprint density at radius 3 is 2.84 bits per heavy atom. The zero-order valence-corrected chi connectivity index (χ0v) is 12.0. The monoisotopic (exact) mass is 264 g/mol. The molecule has 106 valence electrons. The standard InChI is InChI=1S/C14H24N4O/c1-4-15-13-9-12(5-7-17-13)16-8-6-14(19)18-10-11(2)3/h5,7,9,11H,4,6,8,10H2,1-3H3,(H,18,19)(H2,15,16,17). The van der Waals surface area contributed by atoms with Gasteiger partial charge in [0.05, 0.1) is 0 Å². The van der Waals surface area contributed by atoms with Crippen molar-refractivity contribution in [3.05, 3.63) is 18.3 Å². The molecule has 3 N–H and O–H groups in total. The van der Waals surface area contributed by atoms with Gasteiger partial charge in [-0.05, 0) is 18.9 Å². The number of nitrogens with one attached hydrogen (secondary N) is 3. The van der Waals surface area contributed by atoms with E-state index in [1.165, 1.54) is 0 Å². The first-order valence-corrected chi connectivity index (χ1v) is 6.82. The first kappa shape index (κ1) is 15.3. The van der Waals surface area contributed by atoms with E-state index in [9.17, 15) is 4.79 Å². The summed E-state index contributed by atoms with van der Waals surface area (Å²) in [6.07, 6.45) is 2.23. The van der Waals surface area contributed by atoms with Gasteiger partial charge in [0.15, 0.2) is 0 Å². The minimum Gasteiger partial charge on any atom is -0.384 e. The number of amides is 1. The second-order valence-electron chi connectivity index (χ2n) is 4.83. The number of nitrogens with zero attached hydrogens (tertiary/aromatic N) is 1. The van der Waals surface area contributed by atoms with E-state index in [2.05, 4.69) is 34.8 Å². The van der Waals surface area contributed by atoms with Crippen LogP contribution in [0.3, 0.4) is 0 Å². The highest BCUT2D eigenvalue weighted by atomic mass is 16.1. The summed E-state index contributed by atoms with van der Waals surface area (Å²) >= 11 is 0. The summed E-state index contributed by atoms with van der Waals surface area (Å²) in [5.74, 6) is 1.42. The van der Waals surface area contributed by atoms with Gasteiger partial charge in [-0.2, -0.15) is 0 Å². The van der Waals surface area contributed by atoms with Gasteiger partial charge in [-0.15, -0.1) is 0 Å². The highest BCUT2D eigenvalue weighted by molar-refractivity contribution is 5.76. The van der Waals surface area contributed by atoms with Crippen molar-refractivity contribution in [3.8, 4) is 0 Å². The summed E-state index contributed by atoms with van der Waals surface area (Å²) in [6.45, 7) is 8.39. The largest absolute Gasteiger partial charge is 0.384 e. The van der Waals surface area contributed by atoms with Crippen molar-refractivity contribution >= 4 is 17.4 Å². The predicted molar refractivity (Wildman–Crippen MR) is 79.4 cm³/mol. The van der Waals surface area contributed by atoms with Crippen LogP contribution in [0, 0.1) is 5.92 Å². The average Bonchev–Trinajstić information content (AvgIpc) is 2.37. The molecular formula is C14H24N4O. The molecule has 1 heterocycles. The molecule has 0 atom stereocenters. The van der Waals surface area contributed by atoms with Crippen LogP contribution in [-0.2, 0) is 4.79 Å². The molecule has 0 radical (unpaired) electrons. The van der Waals surface area contributed by atoms with E-state index in [0.29, 0.717) is 18.9 Å². The van der Waals surface area contributed by atoms with Crippen LogP contribution in [0.1, 0.15) is 27.2 Å². The Morgan fingerprint density at radius 1 is 1.37 bits per heavy atom. The summed E-state index contributed by atoms with van der Waals surface area (Å²) in [6, 6.07) is 3.84. The fraction of sp³-hybridized carbons (Fsp3) is 0.571. The maximum absolute atomic E-state index is 11.5. The molecule has 0 aromatic carbocycles. The molecule has 5 nitrogen and oxygen atoms in total. The number of hydrogen-bond acceptors (Lipinski definition) is 4. The lowest BCUT2D eigenvalue weighted by Gasteiger charge is -2.10. The van der Waals surface area contributed by atoms with Crippen LogP contribution in [0.5, 0.6) is 0 Å². The Kier molecular flexibility index (Phi) is 6.71. The van der Waals surface area contributed by atoms with Crippen molar-refractivity contribution in [1.82, 2.24) is 10.3 Å². The maximum Gasteiger partial charge on any atom is 0.221 e.